The third kappa shape index (κ3) is 9.00. The summed E-state index contributed by atoms with van der Waals surface area (Å²) in [5, 5.41) is 0. The van der Waals surface area contributed by atoms with Crippen LogP contribution in [0.25, 0.3) is 0 Å². The molecule has 104 valence electrons. The van der Waals surface area contributed by atoms with Gasteiger partial charge in [0.25, 0.3) is 10.1 Å². The summed E-state index contributed by atoms with van der Waals surface area (Å²) in [5.41, 5.74) is -0.602. The molecule has 0 spiro atoms. The molecule has 7 heteroatoms. The minimum absolute atomic E-state index is 0.291. The van der Waals surface area contributed by atoms with Gasteiger partial charge in [0.2, 0.25) is 0 Å². The van der Waals surface area contributed by atoms with Crippen LogP contribution >= 0.6 is 0 Å². The van der Waals surface area contributed by atoms with E-state index in [9.17, 15) is 21.6 Å². The van der Waals surface area contributed by atoms with Crippen molar-refractivity contribution in [2.75, 3.05) is 12.9 Å². The highest BCUT2D eigenvalue weighted by Crippen LogP contribution is 2.28. The molecular weight excluding hydrogens is 269 g/mol. The average molecular weight is 284 g/mol. The molecule has 0 aromatic heterocycles. The number of benzene rings is 1. The highest BCUT2D eigenvalue weighted by atomic mass is 32.2. The van der Waals surface area contributed by atoms with Crippen LogP contribution in [0.2, 0.25) is 0 Å². The molecule has 0 bridgehead atoms. The lowest BCUT2D eigenvalue weighted by Gasteiger charge is -2.03. The van der Waals surface area contributed by atoms with Gasteiger partial charge in [0.1, 0.15) is 0 Å². The van der Waals surface area contributed by atoms with E-state index in [0.717, 1.165) is 24.8 Å². The monoisotopic (exact) mass is 284 g/mol. The van der Waals surface area contributed by atoms with Crippen LogP contribution in [0.3, 0.4) is 0 Å². The molecule has 0 radical (unpaired) electrons. The minimum atomic E-state index is -4.21. The lowest BCUT2D eigenvalue weighted by Crippen LogP contribution is -2.03. The van der Waals surface area contributed by atoms with Crippen LogP contribution in [0.4, 0.5) is 13.2 Å². The van der Waals surface area contributed by atoms with Crippen molar-refractivity contribution in [1.29, 1.82) is 0 Å². The van der Waals surface area contributed by atoms with Crippen molar-refractivity contribution in [3.05, 3.63) is 35.9 Å². The van der Waals surface area contributed by atoms with E-state index in [2.05, 4.69) is 4.18 Å². The van der Waals surface area contributed by atoms with E-state index in [1.54, 1.807) is 6.07 Å². The zero-order valence-electron chi connectivity index (χ0n) is 10.1. The van der Waals surface area contributed by atoms with Gasteiger partial charge >= 0.3 is 6.18 Å². The van der Waals surface area contributed by atoms with Crippen molar-refractivity contribution < 1.29 is 25.8 Å². The van der Waals surface area contributed by atoms with Crippen molar-refractivity contribution in [3.63, 3.8) is 0 Å². The quantitative estimate of drug-likeness (QED) is 0.801. The Balaban J connectivity index is 0.000000331. The van der Waals surface area contributed by atoms with E-state index in [-0.39, 0.29) is 0 Å². The van der Waals surface area contributed by atoms with Gasteiger partial charge in [-0.2, -0.15) is 21.6 Å². The Morgan fingerprint density at radius 2 is 1.67 bits per heavy atom. The van der Waals surface area contributed by atoms with Crippen LogP contribution in [-0.2, 0) is 20.5 Å². The van der Waals surface area contributed by atoms with E-state index in [4.69, 9.17) is 0 Å². The summed E-state index contributed by atoms with van der Waals surface area (Å²) in [6.45, 7) is 2.14. The molecule has 0 saturated heterocycles. The molecule has 3 nitrogen and oxygen atoms in total. The fourth-order valence-corrected chi connectivity index (χ4v) is 1.33. The van der Waals surface area contributed by atoms with Crippen molar-refractivity contribution in [2.24, 2.45) is 0 Å². The predicted molar refractivity (Wildman–Crippen MR) is 62.5 cm³/mol. The molecule has 0 saturated carbocycles. The predicted octanol–water partition coefficient (Wildman–Crippen LogP) is 3.08. The summed E-state index contributed by atoms with van der Waals surface area (Å²) < 4.78 is 60.1. The summed E-state index contributed by atoms with van der Waals surface area (Å²) >= 11 is 0. The van der Waals surface area contributed by atoms with Gasteiger partial charge in [0, 0.05) is 0 Å². The molecule has 0 aliphatic carbocycles. The number of hydrogen-bond acceptors (Lipinski definition) is 3. The Kier molecular flexibility index (Phi) is 6.93. The third-order valence-electron chi connectivity index (χ3n) is 1.60. The zero-order valence-corrected chi connectivity index (χ0v) is 10.9. The summed E-state index contributed by atoms with van der Waals surface area (Å²) in [4.78, 5) is 0. The second kappa shape index (κ2) is 7.38. The molecule has 0 atom stereocenters. The van der Waals surface area contributed by atoms with Gasteiger partial charge in [0.05, 0.1) is 18.4 Å². The fraction of sp³-hybridized carbons (Fsp3) is 0.455. The maximum Gasteiger partial charge on any atom is 0.416 e. The van der Waals surface area contributed by atoms with Crippen LogP contribution in [-0.4, -0.2) is 21.3 Å². The summed E-state index contributed by atoms with van der Waals surface area (Å²) in [6, 6.07) is 6.36. The average Bonchev–Trinajstić information content (AvgIpc) is 2.26. The maximum atomic E-state index is 11.8. The molecule has 0 fully saturated rings. The van der Waals surface area contributed by atoms with Crippen molar-refractivity contribution in [1.82, 2.24) is 0 Å². The molecular formula is C11H15F3O3S. The van der Waals surface area contributed by atoms with Crippen LogP contribution in [0.15, 0.2) is 30.3 Å². The van der Waals surface area contributed by atoms with Gasteiger partial charge in [-0.3, -0.25) is 4.18 Å². The highest BCUT2D eigenvalue weighted by Gasteiger charge is 2.29. The Morgan fingerprint density at radius 3 is 1.89 bits per heavy atom. The second-order valence-corrected chi connectivity index (χ2v) is 5.03. The van der Waals surface area contributed by atoms with E-state index in [1.807, 2.05) is 6.92 Å². The van der Waals surface area contributed by atoms with Gasteiger partial charge in [0.15, 0.2) is 0 Å². The van der Waals surface area contributed by atoms with Crippen molar-refractivity contribution >= 4 is 10.1 Å². The summed E-state index contributed by atoms with van der Waals surface area (Å²) in [5.74, 6) is 0. The summed E-state index contributed by atoms with van der Waals surface area (Å²) in [7, 11) is -3.19. The van der Waals surface area contributed by atoms with Gasteiger partial charge in [-0.15, -0.1) is 0 Å². The SMILES string of the molecule is CCCOS(C)(=O)=O.FC(F)(F)c1ccccc1. The number of halogens is 3. The van der Waals surface area contributed by atoms with Crippen LogP contribution in [0.1, 0.15) is 18.9 Å². The van der Waals surface area contributed by atoms with Gasteiger partial charge in [-0.1, -0.05) is 37.3 Å². The number of rotatable bonds is 3. The number of hydrogen-bond donors (Lipinski definition) is 0. The van der Waals surface area contributed by atoms with E-state index in [1.165, 1.54) is 12.1 Å². The van der Waals surface area contributed by atoms with E-state index < -0.39 is 21.9 Å². The standard InChI is InChI=1S/C7H5F3.C4H10O3S/c8-7(9,10)6-4-2-1-3-5-6;1-3-4-7-8(2,5)6/h1-5H;3-4H2,1-2H3. The lowest BCUT2D eigenvalue weighted by atomic mass is 10.2. The van der Waals surface area contributed by atoms with Gasteiger partial charge in [-0.05, 0) is 6.42 Å². The molecule has 0 aliphatic heterocycles. The smallest absolute Gasteiger partial charge is 0.270 e. The van der Waals surface area contributed by atoms with Crippen LogP contribution < -0.4 is 0 Å². The molecule has 1 rings (SSSR count). The lowest BCUT2D eigenvalue weighted by molar-refractivity contribution is -0.137. The second-order valence-electron chi connectivity index (χ2n) is 3.39. The maximum absolute atomic E-state index is 11.8. The first-order valence-electron chi connectivity index (χ1n) is 5.13. The summed E-state index contributed by atoms with van der Waals surface area (Å²) in [6.07, 6.45) is -2.43. The Hall–Kier alpha value is -1.08. The first kappa shape index (κ1) is 16.9. The van der Waals surface area contributed by atoms with Crippen LogP contribution in [0, 0.1) is 0 Å². The third-order valence-corrected chi connectivity index (χ3v) is 2.20. The molecule has 0 N–H and O–H groups in total. The first-order valence-corrected chi connectivity index (χ1v) is 6.95. The molecule has 1 aromatic carbocycles. The highest BCUT2D eigenvalue weighted by molar-refractivity contribution is 7.85. The number of alkyl halides is 3. The zero-order chi connectivity index (χ0) is 14.2. The van der Waals surface area contributed by atoms with Crippen molar-refractivity contribution in [3.8, 4) is 0 Å². The van der Waals surface area contributed by atoms with E-state index >= 15 is 0 Å². The molecule has 1 aromatic rings. The molecule has 0 amide bonds. The molecule has 0 heterocycles. The normalized spacial score (nSPS) is 11.6. The topological polar surface area (TPSA) is 43.4 Å². The Bertz CT molecular complexity index is 427. The van der Waals surface area contributed by atoms with Gasteiger partial charge in [-0.25, -0.2) is 0 Å². The Morgan fingerprint density at radius 1 is 1.17 bits per heavy atom. The molecule has 18 heavy (non-hydrogen) atoms. The Labute approximate surface area is 105 Å². The molecule has 0 aliphatic rings. The van der Waals surface area contributed by atoms with Gasteiger partial charge < -0.3 is 0 Å². The van der Waals surface area contributed by atoms with E-state index in [0.29, 0.717) is 6.61 Å². The molecule has 0 unspecified atom stereocenters. The fourth-order valence-electron chi connectivity index (χ4n) is 0.862. The minimum Gasteiger partial charge on any atom is -0.270 e. The van der Waals surface area contributed by atoms with Crippen LogP contribution in [0.5, 0.6) is 0 Å². The first-order chi connectivity index (χ1) is 8.17. The van der Waals surface area contributed by atoms with Crippen molar-refractivity contribution in [2.45, 2.75) is 19.5 Å². The largest absolute Gasteiger partial charge is 0.416 e.